The lowest BCUT2D eigenvalue weighted by Crippen LogP contribution is -2.35. The zero-order valence-electron chi connectivity index (χ0n) is 6.92. The molecular weight excluding hydrogens is 138 g/mol. The molecule has 1 fully saturated rings. The third-order valence-corrected chi connectivity index (χ3v) is 2.48. The van der Waals surface area contributed by atoms with E-state index in [0.29, 0.717) is 18.4 Å². The van der Waals surface area contributed by atoms with Gasteiger partial charge in [0.1, 0.15) is 0 Å². The van der Waals surface area contributed by atoms with Gasteiger partial charge in [-0.15, -0.1) is 6.58 Å². The largest absolute Gasteiger partial charge is 0.396 e. The summed E-state index contributed by atoms with van der Waals surface area (Å²) in [7, 11) is 0. The van der Waals surface area contributed by atoms with E-state index in [0.717, 1.165) is 19.5 Å². The Hall–Kier alpha value is -0.340. The average molecular weight is 155 g/mol. The Bertz CT molecular complexity index is 123. The van der Waals surface area contributed by atoms with E-state index in [-0.39, 0.29) is 0 Å². The maximum absolute atomic E-state index is 8.78. The van der Waals surface area contributed by atoms with Crippen LogP contribution in [0.2, 0.25) is 0 Å². The molecule has 0 bridgehead atoms. The first-order valence-electron chi connectivity index (χ1n) is 4.32. The van der Waals surface area contributed by atoms with Crippen LogP contribution in [0.1, 0.15) is 12.8 Å². The van der Waals surface area contributed by atoms with Crippen molar-refractivity contribution in [2.24, 2.45) is 11.8 Å². The molecule has 1 heterocycles. The smallest absolute Gasteiger partial charge is 0.0433 e. The summed E-state index contributed by atoms with van der Waals surface area (Å²) in [5.74, 6) is 1.22. The Morgan fingerprint density at radius 3 is 3.09 bits per heavy atom. The van der Waals surface area contributed by atoms with Gasteiger partial charge in [-0.3, -0.25) is 0 Å². The molecule has 0 aliphatic carbocycles. The highest BCUT2D eigenvalue weighted by atomic mass is 16.3. The van der Waals surface area contributed by atoms with Gasteiger partial charge in [-0.2, -0.15) is 0 Å². The fraction of sp³-hybridized carbons (Fsp3) is 0.778. The van der Waals surface area contributed by atoms with E-state index in [1.165, 1.54) is 6.42 Å². The van der Waals surface area contributed by atoms with Crippen LogP contribution >= 0.6 is 0 Å². The molecule has 0 aromatic carbocycles. The standard InChI is InChI=1S/C9H17NO/c1-2-8-7-10-5-3-9(8)4-6-11/h2,8-11H,1,3-7H2/t8-,9-/m0/s1. The Morgan fingerprint density at radius 1 is 1.64 bits per heavy atom. The number of hydrogen-bond acceptors (Lipinski definition) is 2. The van der Waals surface area contributed by atoms with Crippen molar-refractivity contribution in [3.05, 3.63) is 12.7 Å². The molecule has 0 unspecified atom stereocenters. The maximum Gasteiger partial charge on any atom is 0.0433 e. The summed E-state index contributed by atoms with van der Waals surface area (Å²) in [5.41, 5.74) is 0. The summed E-state index contributed by atoms with van der Waals surface area (Å²) in [6.45, 7) is 6.24. The zero-order valence-corrected chi connectivity index (χ0v) is 6.92. The van der Waals surface area contributed by atoms with E-state index in [1.54, 1.807) is 0 Å². The normalized spacial score (nSPS) is 31.7. The molecule has 1 rings (SSSR count). The highest BCUT2D eigenvalue weighted by Gasteiger charge is 2.21. The Labute approximate surface area is 68.3 Å². The van der Waals surface area contributed by atoms with Crippen LogP contribution in [-0.4, -0.2) is 24.8 Å². The van der Waals surface area contributed by atoms with Gasteiger partial charge in [0.15, 0.2) is 0 Å². The minimum Gasteiger partial charge on any atom is -0.396 e. The van der Waals surface area contributed by atoms with Gasteiger partial charge in [0, 0.05) is 13.2 Å². The zero-order chi connectivity index (χ0) is 8.10. The summed E-state index contributed by atoms with van der Waals surface area (Å²) < 4.78 is 0. The fourth-order valence-corrected chi connectivity index (χ4v) is 1.74. The second-order valence-electron chi connectivity index (χ2n) is 3.16. The van der Waals surface area contributed by atoms with Crippen molar-refractivity contribution in [2.45, 2.75) is 12.8 Å². The van der Waals surface area contributed by atoms with Crippen LogP contribution in [0.25, 0.3) is 0 Å². The first-order chi connectivity index (χ1) is 5.38. The molecule has 2 atom stereocenters. The first kappa shape index (κ1) is 8.75. The highest BCUT2D eigenvalue weighted by Crippen LogP contribution is 2.22. The number of nitrogens with one attached hydrogen (secondary N) is 1. The van der Waals surface area contributed by atoms with Crippen LogP contribution in [-0.2, 0) is 0 Å². The van der Waals surface area contributed by atoms with E-state index in [4.69, 9.17) is 5.11 Å². The third kappa shape index (κ3) is 2.31. The summed E-state index contributed by atoms with van der Waals surface area (Å²) >= 11 is 0. The predicted molar refractivity (Wildman–Crippen MR) is 46.4 cm³/mol. The topological polar surface area (TPSA) is 32.3 Å². The van der Waals surface area contributed by atoms with E-state index in [1.807, 2.05) is 6.08 Å². The Balaban J connectivity index is 2.37. The SMILES string of the molecule is C=C[C@H]1CNCC[C@H]1CCO. The molecule has 1 aliphatic heterocycles. The maximum atomic E-state index is 8.78. The summed E-state index contributed by atoms with van der Waals surface area (Å²) in [5, 5.41) is 12.1. The van der Waals surface area contributed by atoms with Crippen LogP contribution in [0.3, 0.4) is 0 Å². The van der Waals surface area contributed by atoms with E-state index in [9.17, 15) is 0 Å². The van der Waals surface area contributed by atoms with Crippen LogP contribution in [0.15, 0.2) is 12.7 Å². The first-order valence-corrected chi connectivity index (χ1v) is 4.32. The van der Waals surface area contributed by atoms with E-state index >= 15 is 0 Å². The van der Waals surface area contributed by atoms with Crippen LogP contribution in [0.4, 0.5) is 0 Å². The molecule has 0 amide bonds. The lowest BCUT2D eigenvalue weighted by molar-refractivity contribution is 0.208. The van der Waals surface area contributed by atoms with Gasteiger partial charge in [0.25, 0.3) is 0 Å². The lowest BCUT2D eigenvalue weighted by atomic mass is 9.84. The molecule has 2 heteroatoms. The lowest BCUT2D eigenvalue weighted by Gasteiger charge is -2.29. The monoisotopic (exact) mass is 155 g/mol. The van der Waals surface area contributed by atoms with Gasteiger partial charge in [0.05, 0.1) is 0 Å². The quantitative estimate of drug-likeness (QED) is 0.590. The van der Waals surface area contributed by atoms with Gasteiger partial charge >= 0.3 is 0 Å². The molecule has 1 aliphatic rings. The van der Waals surface area contributed by atoms with E-state index < -0.39 is 0 Å². The van der Waals surface area contributed by atoms with Gasteiger partial charge in [-0.1, -0.05) is 6.08 Å². The van der Waals surface area contributed by atoms with Crippen molar-refractivity contribution in [1.29, 1.82) is 0 Å². The summed E-state index contributed by atoms with van der Waals surface area (Å²) in [6.07, 6.45) is 4.11. The molecule has 64 valence electrons. The Morgan fingerprint density at radius 2 is 2.45 bits per heavy atom. The van der Waals surface area contributed by atoms with Gasteiger partial charge in [-0.05, 0) is 31.2 Å². The van der Waals surface area contributed by atoms with E-state index in [2.05, 4.69) is 11.9 Å². The molecule has 0 aromatic rings. The van der Waals surface area contributed by atoms with Crippen LogP contribution < -0.4 is 5.32 Å². The number of rotatable bonds is 3. The van der Waals surface area contributed by atoms with Crippen molar-refractivity contribution in [3.8, 4) is 0 Å². The molecule has 2 N–H and O–H groups in total. The fourth-order valence-electron chi connectivity index (χ4n) is 1.74. The van der Waals surface area contributed by atoms with Crippen molar-refractivity contribution in [2.75, 3.05) is 19.7 Å². The highest BCUT2D eigenvalue weighted by molar-refractivity contribution is 4.89. The number of aliphatic hydroxyl groups excluding tert-OH is 1. The van der Waals surface area contributed by atoms with Crippen molar-refractivity contribution in [1.82, 2.24) is 5.32 Å². The number of piperidine rings is 1. The van der Waals surface area contributed by atoms with Gasteiger partial charge in [0.2, 0.25) is 0 Å². The molecule has 0 radical (unpaired) electrons. The molecule has 0 spiro atoms. The predicted octanol–water partition coefficient (Wildman–Crippen LogP) is 0.780. The van der Waals surface area contributed by atoms with Crippen molar-refractivity contribution < 1.29 is 5.11 Å². The third-order valence-electron chi connectivity index (χ3n) is 2.48. The second kappa shape index (κ2) is 4.52. The number of hydrogen-bond donors (Lipinski definition) is 2. The Kier molecular flexibility index (Phi) is 3.60. The second-order valence-corrected chi connectivity index (χ2v) is 3.16. The van der Waals surface area contributed by atoms with Crippen molar-refractivity contribution >= 4 is 0 Å². The van der Waals surface area contributed by atoms with Gasteiger partial charge < -0.3 is 10.4 Å². The molecular formula is C9H17NO. The van der Waals surface area contributed by atoms with Crippen LogP contribution in [0, 0.1) is 11.8 Å². The minimum absolute atomic E-state index is 0.314. The average Bonchev–Trinajstić information content (AvgIpc) is 2.06. The van der Waals surface area contributed by atoms with Crippen molar-refractivity contribution in [3.63, 3.8) is 0 Å². The summed E-state index contributed by atoms with van der Waals surface area (Å²) in [4.78, 5) is 0. The molecule has 2 nitrogen and oxygen atoms in total. The summed E-state index contributed by atoms with van der Waals surface area (Å²) in [6, 6.07) is 0. The number of aliphatic hydroxyl groups is 1. The van der Waals surface area contributed by atoms with Crippen LogP contribution in [0.5, 0.6) is 0 Å². The minimum atomic E-state index is 0.314. The van der Waals surface area contributed by atoms with Gasteiger partial charge in [-0.25, -0.2) is 0 Å². The molecule has 0 aromatic heterocycles. The molecule has 0 saturated carbocycles. The molecule has 11 heavy (non-hydrogen) atoms. The molecule has 1 saturated heterocycles.